The predicted octanol–water partition coefficient (Wildman–Crippen LogP) is 3.70. The smallest absolute Gasteiger partial charge is 0.258 e. The molecule has 0 atom stereocenters. The summed E-state index contributed by atoms with van der Waals surface area (Å²) in [6.07, 6.45) is 1.64. The number of carbonyl (C=O) groups excluding carboxylic acids is 1. The molecular weight excluding hydrogens is 274 g/mol. The second kappa shape index (κ2) is 6.18. The Morgan fingerprint density at radius 2 is 1.68 bits per heavy atom. The molecule has 0 saturated heterocycles. The van der Waals surface area contributed by atoms with Gasteiger partial charge in [-0.15, -0.1) is 0 Å². The third kappa shape index (κ3) is 3.17. The highest BCUT2D eigenvalue weighted by Crippen LogP contribution is 2.18. The van der Waals surface area contributed by atoms with E-state index < -0.39 is 0 Å². The van der Waals surface area contributed by atoms with E-state index in [1.807, 2.05) is 55.5 Å². The topological polar surface area (TPSA) is 54.9 Å². The molecule has 3 rings (SSSR count). The molecule has 0 unspecified atom stereocenters. The maximum absolute atomic E-state index is 12.1. The van der Waals surface area contributed by atoms with Gasteiger partial charge in [-0.05, 0) is 25.1 Å². The molecule has 4 heteroatoms. The summed E-state index contributed by atoms with van der Waals surface area (Å²) in [6.45, 7) is 2.04. The number of nitrogens with zero attached hydrogens (tertiary/aromatic N) is 2. The fourth-order valence-corrected chi connectivity index (χ4v) is 2.07. The summed E-state index contributed by atoms with van der Waals surface area (Å²) >= 11 is 0. The number of aromatic nitrogens is 2. The van der Waals surface area contributed by atoms with Crippen LogP contribution in [-0.2, 0) is 0 Å². The summed E-state index contributed by atoms with van der Waals surface area (Å²) < 4.78 is 0. The van der Waals surface area contributed by atoms with Crippen LogP contribution in [0.3, 0.4) is 0 Å². The number of amides is 1. The van der Waals surface area contributed by atoms with E-state index in [4.69, 9.17) is 0 Å². The van der Waals surface area contributed by atoms with Crippen LogP contribution in [0.5, 0.6) is 0 Å². The van der Waals surface area contributed by atoms with Gasteiger partial charge in [-0.2, -0.15) is 0 Å². The van der Waals surface area contributed by atoms with Gasteiger partial charge in [-0.3, -0.25) is 10.1 Å². The van der Waals surface area contributed by atoms with Crippen molar-refractivity contribution in [2.45, 2.75) is 6.92 Å². The molecule has 0 saturated carbocycles. The molecule has 1 heterocycles. The zero-order valence-electron chi connectivity index (χ0n) is 12.2. The Hall–Kier alpha value is -3.01. The standard InChI is InChI=1S/C18H15N3O/c1-13-7-9-14(10-8-13)16-11-12-19-18(20-16)21-17(22)15-5-3-2-4-6-15/h2-12H,1H3,(H,19,20,21,22). The average molecular weight is 289 g/mol. The van der Waals surface area contributed by atoms with E-state index in [-0.39, 0.29) is 5.91 Å². The van der Waals surface area contributed by atoms with E-state index in [0.717, 1.165) is 11.3 Å². The average Bonchev–Trinajstić information content (AvgIpc) is 2.56. The first-order valence-corrected chi connectivity index (χ1v) is 6.99. The summed E-state index contributed by atoms with van der Waals surface area (Å²) in [7, 11) is 0. The van der Waals surface area contributed by atoms with Gasteiger partial charge in [0, 0.05) is 17.3 Å². The van der Waals surface area contributed by atoms with Gasteiger partial charge in [0.05, 0.1) is 5.69 Å². The minimum atomic E-state index is -0.221. The summed E-state index contributed by atoms with van der Waals surface area (Å²) in [5.41, 5.74) is 3.53. The molecule has 0 aliphatic heterocycles. The lowest BCUT2D eigenvalue weighted by molar-refractivity contribution is 0.102. The zero-order valence-corrected chi connectivity index (χ0v) is 12.2. The van der Waals surface area contributed by atoms with E-state index in [1.54, 1.807) is 18.3 Å². The van der Waals surface area contributed by atoms with Crippen molar-refractivity contribution in [2.75, 3.05) is 5.32 Å². The first-order valence-electron chi connectivity index (χ1n) is 6.99. The van der Waals surface area contributed by atoms with E-state index in [0.29, 0.717) is 11.5 Å². The third-order valence-electron chi connectivity index (χ3n) is 3.26. The van der Waals surface area contributed by atoms with Gasteiger partial charge in [0.25, 0.3) is 5.91 Å². The molecule has 0 aliphatic rings. The van der Waals surface area contributed by atoms with Crippen molar-refractivity contribution in [3.05, 3.63) is 78.0 Å². The first-order chi connectivity index (χ1) is 10.7. The summed E-state index contributed by atoms with van der Waals surface area (Å²) in [6, 6.07) is 18.9. The first kappa shape index (κ1) is 13.9. The lowest BCUT2D eigenvalue weighted by atomic mass is 10.1. The zero-order chi connectivity index (χ0) is 15.4. The van der Waals surface area contributed by atoms with Gasteiger partial charge in [-0.1, -0.05) is 48.0 Å². The molecule has 0 spiro atoms. The van der Waals surface area contributed by atoms with Crippen molar-refractivity contribution in [2.24, 2.45) is 0 Å². The quantitative estimate of drug-likeness (QED) is 0.799. The van der Waals surface area contributed by atoms with Crippen LogP contribution in [0.2, 0.25) is 0 Å². The highest BCUT2D eigenvalue weighted by atomic mass is 16.1. The van der Waals surface area contributed by atoms with Crippen molar-refractivity contribution in [3.8, 4) is 11.3 Å². The molecule has 3 aromatic rings. The highest BCUT2D eigenvalue weighted by Gasteiger charge is 2.08. The predicted molar refractivity (Wildman–Crippen MR) is 86.6 cm³/mol. The molecule has 1 amide bonds. The van der Waals surface area contributed by atoms with E-state index in [2.05, 4.69) is 15.3 Å². The van der Waals surface area contributed by atoms with Gasteiger partial charge in [0.1, 0.15) is 0 Å². The van der Waals surface area contributed by atoms with Gasteiger partial charge in [-0.25, -0.2) is 9.97 Å². The number of carbonyl (C=O) groups is 1. The second-order valence-corrected chi connectivity index (χ2v) is 4.95. The van der Waals surface area contributed by atoms with Crippen LogP contribution in [0.4, 0.5) is 5.95 Å². The van der Waals surface area contributed by atoms with Gasteiger partial charge in [0.2, 0.25) is 5.95 Å². The largest absolute Gasteiger partial charge is 0.290 e. The molecule has 1 N–H and O–H groups in total. The summed E-state index contributed by atoms with van der Waals surface area (Å²) in [5, 5.41) is 2.72. The van der Waals surface area contributed by atoms with Crippen LogP contribution in [0.25, 0.3) is 11.3 Å². The molecule has 4 nitrogen and oxygen atoms in total. The molecule has 0 fully saturated rings. The van der Waals surface area contributed by atoms with Gasteiger partial charge in [0.15, 0.2) is 0 Å². The number of rotatable bonds is 3. The summed E-state index contributed by atoms with van der Waals surface area (Å²) in [5.74, 6) is 0.0774. The minimum absolute atomic E-state index is 0.221. The van der Waals surface area contributed by atoms with Crippen LogP contribution < -0.4 is 5.32 Å². The Bertz CT molecular complexity index is 783. The SMILES string of the molecule is Cc1ccc(-c2ccnc(NC(=O)c3ccccc3)n2)cc1. The molecule has 0 bridgehead atoms. The van der Waals surface area contributed by atoms with Crippen LogP contribution >= 0.6 is 0 Å². The van der Waals surface area contributed by atoms with Crippen LogP contribution in [0.15, 0.2) is 66.9 Å². The molecule has 22 heavy (non-hydrogen) atoms. The highest BCUT2D eigenvalue weighted by molar-refractivity contribution is 6.03. The molecule has 108 valence electrons. The third-order valence-corrected chi connectivity index (χ3v) is 3.26. The molecular formula is C18H15N3O. The summed E-state index contributed by atoms with van der Waals surface area (Å²) in [4.78, 5) is 20.6. The van der Waals surface area contributed by atoms with E-state index in [1.165, 1.54) is 5.56 Å². The normalized spacial score (nSPS) is 10.2. The monoisotopic (exact) mass is 289 g/mol. The Balaban J connectivity index is 1.82. The van der Waals surface area contributed by atoms with Crippen LogP contribution in [0, 0.1) is 6.92 Å². The minimum Gasteiger partial charge on any atom is -0.290 e. The van der Waals surface area contributed by atoms with Crippen molar-refractivity contribution in [1.82, 2.24) is 9.97 Å². The van der Waals surface area contributed by atoms with Crippen molar-refractivity contribution < 1.29 is 4.79 Å². The van der Waals surface area contributed by atoms with Crippen molar-refractivity contribution in [1.29, 1.82) is 0 Å². The van der Waals surface area contributed by atoms with Crippen LogP contribution in [-0.4, -0.2) is 15.9 Å². The number of aryl methyl sites for hydroxylation is 1. The molecule has 0 radical (unpaired) electrons. The van der Waals surface area contributed by atoms with Crippen molar-refractivity contribution in [3.63, 3.8) is 0 Å². The second-order valence-electron chi connectivity index (χ2n) is 4.95. The Morgan fingerprint density at radius 1 is 0.955 bits per heavy atom. The molecule has 0 aliphatic carbocycles. The lowest BCUT2D eigenvalue weighted by Crippen LogP contribution is -2.14. The van der Waals surface area contributed by atoms with Gasteiger partial charge >= 0.3 is 0 Å². The van der Waals surface area contributed by atoms with Crippen molar-refractivity contribution >= 4 is 11.9 Å². The number of hydrogen-bond donors (Lipinski definition) is 1. The number of hydrogen-bond acceptors (Lipinski definition) is 3. The fraction of sp³-hybridized carbons (Fsp3) is 0.0556. The maximum Gasteiger partial charge on any atom is 0.258 e. The number of anilines is 1. The van der Waals surface area contributed by atoms with E-state index >= 15 is 0 Å². The molecule has 1 aromatic heterocycles. The van der Waals surface area contributed by atoms with Crippen LogP contribution in [0.1, 0.15) is 15.9 Å². The molecule has 2 aromatic carbocycles. The number of benzene rings is 2. The Kier molecular flexibility index (Phi) is 3.92. The lowest BCUT2D eigenvalue weighted by Gasteiger charge is -2.06. The maximum atomic E-state index is 12.1. The Labute approximate surface area is 128 Å². The van der Waals surface area contributed by atoms with Gasteiger partial charge < -0.3 is 0 Å². The van der Waals surface area contributed by atoms with E-state index in [9.17, 15) is 4.79 Å². The number of nitrogens with one attached hydrogen (secondary N) is 1. The Morgan fingerprint density at radius 3 is 2.41 bits per heavy atom. The fourth-order valence-electron chi connectivity index (χ4n) is 2.07.